The molecule has 1 aliphatic rings. The van der Waals surface area contributed by atoms with Crippen molar-refractivity contribution in [1.82, 2.24) is 15.5 Å². The van der Waals surface area contributed by atoms with E-state index < -0.39 is 0 Å². The fourth-order valence-corrected chi connectivity index (χ4v) is 3.51. The van der Waals surface area contributed by atoms with Crippen LogP contribution in [0.1, 0.15) is 30.1 Å². The number of ether oxygens (including phenoxy) is 1. The van der Waals surface area contributed by atoms with Crippen LogP contribution >= 0.6 is 0 Å². The number of nitrogens with one attached hydrogen (secondary N) is 1. The lowest BCUT2D eigenvalue weighted by molar-refractivity contribution is -0.122. The van der Waals surface area contributed by atoms with E-state index in [0.29, 0.717) is 30.0 Å². The van der Waals surface area contributed by atoms with Gasteiger partial charge in [-0.25, -0.2) is 4.98 Å². The van der Waals surface area contributed by atoms with Crippen LogP contribution in [0.3, 0.4) is 0 Å². The fraction of sp³-hybridized carbons (Fsp3) is 0.350. The van der Waals surface area contributed by atoms with Crippen molar-refractivity contribution in [2.75, 3.05) is 7.11 Å². The lowest BCUT2D eigenvalue weighted by Crippen LogP contribution is -2.42. The highest BCUT2D eigenvalue weighted by Gasteiger charge is 2.36. The number of pyridine rings is 1. The lowest BCUT2D eigenvalue weighted by atomic mass is 9.75. The molecule has 2 aromatic heterocycles. The number of para-hydroxylation sites is 1. The Morgan fingerprint density at radius 1 is 1.33 bits per heavy atom. The maximum atomic E-state index is 12.7. The van der Waals surface area contributed by atoms with Crippen LogP contribution in [0, 0.1) is 5.92 Å². The van der Waals surface area contributed by atoms with Gasteiger partial charge in [0, 0.05) is 17.6 Å². The minimum Gasteiger partial charge on any atom is -0.481 e. The Bertz CT molecular complexity index is 932. The number of fused-ring (bicyclic) bond motifs is 1. The topological polar surface area (TPSA) is 97.5 Å². The van der Waals surface area contributed by atoms with Crippen LogP contribution in [0.25, 0.3) is 11.0 Å². The van der Waals surface area contributed by atoms with E-state index in [9.17, 15) is 9.90 Å². The molecule has 7 nitrogen and oxygen atoms in total. The molecule has 1 unspecified atom stereocenters. The van der Waals surface area contributed by atoms with Crippen LogP contribution in [0.2, 0.25) is 0 Å². The summed E-state index contributed by atoms with van der Waals surface area (Å²) in [6, 6.07) is 10.9. The zero-order chi connectivity index (χ0) is 18.8. The highest BCUT2D eigenvalue weighted by atomic mass is 16.5. The third-order valence-corrected chi connectivity index (χ3v) is 5.05. The molecule has 0 bridgehead atoms. The predicted octanol–water partition coefficient (Wildman–Crippen LogP) is 2.40. The molecule has 140 valence electrons. The van der Waals surface area contributed by atoms with Crippen LogP contribution in [0.4, 0.5) is 0 Å². The van der Waals surface area contributed by atoms with Crippen molar-refractivity contribution in [2.24, 2.45) is 5.92 Å². The van der Waals surface area contributed by atoms with Gasteiger partial charge in [0.1, 0.15) is 5.69 Å². The molecular weight excluding hydrogens is 346 g/mol. The number of hydrogen-bond donors (Lipinski definition) is 2. The molecule has 0 radical (unpaired) electrons. The monoisotopic (exact) mass is 367 g/mol. The Balaban J connectivity index is 1.51. The average Bonchev–Trinajstić information content (AvgIpc) is 3.07. The number of methoxy groups -OCH3 is 1. The molecular formula is C20H21N3O4. The van der Waals surface area contributed by atoms with Gasteiger partial charge in [-0.2, -0.15) is 0 Å². The molecule has 1 amide bonds. The number of nitrogens with zero attached hydrogens (tertiary/aromatic N) is 2. The van der Waals surface area contributed by atoms with Gasteiger partial charge in [0.05, 0.1) is 25.7 Å². The van der Waals surface area contributed by atoms with Crippen LogP contribution in [0.5, 0.6) is 5.88 Å². The molecule has 0 spiro atoms. The van der Waals surface area contributed by atoms with Gasteiger partial charge in [-0.3, -0.25) is 4.79 Å². The number of carbonyl (C=O) groups excluding carboxylic acids is 1. The van der Waals surface area contributed by atoms with Crippen LogP contribution in [-0.4, -0.2) is 34.4 Å². The number of aromatic nitrogens is 2. The number of aliphatic hydroxyl groups is 1. The zero-order valence-electron chi connectivity index (χ0n) is 15.0. The molecule has 7 heteroatoms. The van der Waals surface area contributed by atoms with Gasteiger partial charge in [0.15, 0.2) is 5.58 Å². The van der Waals surface area contributed by atoms with Crippen molar-refractivity contribution in [3.05, 3.63) is 53.9 Å². The number of aliphatic hydroxyl groups excluding tert-OH is 1. The van der Waals surface area contributed by atoms with E-state index in [1.165, 1.54) is 0 Å². The quantitative estimate of drug-likeness (QED) is 0.694. The number of carbonyl (C=O) groups is 1. The Morgan fingerprint density at radius 2 is 2.15 bits per heavy atom. The second-order valence-corrected chi connectivity index (χ2v) is 6.87. The van der Waals surface area contributed by atoms with E-state index >= 15 is 0 Å². The van der Waals surface area contributed by atoms with Gasteiger partial charge in [-0.15, -0.1) is 0 Å². The number of hydrogen-bond acceptors (Lipinski definition) is 6. The molecule has 2 heterocycles. The van der Waals surface area contributed by atoms with Gasteiger partial charge < -0.3 is 19.7 Å². The van der Waals surface area contributed by atoms with Crippen molar-refractivity contribution in [3.63, 3.8) is 0 Å². The summed E-state index contributed by atoms with van der Waals surface area (Å²) >= 11 is 0. The lowest BCUT2D eigenvalue weighted by Gasteiger charge is -2.38. The third-order valence-electron chi connectivity index (χ3n) is 5.05. The second-order valence-electron chi connectivity index (χ2n) is 6.87. The van der Waals surface area contributed by atoms with E-state index in [0.717, 1.165) is 10.9 Å². The molecule has 0 saturated heterocycles. The first-order chi connectivity index (χ1) is 13.1. The Kier molecular flexibility index (Phi) is 4.77. The van der Waals surface area contributed by atoms with Crippen molar-refractivity contribution < 1.29 is 19.2 Å². The number of benzene rings is 1. The number of rotatable bonds is 6. The SMILES string of the molecule is COc1ccc(C(NC(=O)Cc2noc3ccccc23)C2CC(O)C2)cn1. The maximum absolute atomic E-state index is 12.7. The highest BCUT2D eigenvalue weighted by molar-refractivity contribution is 5.86. The third kappa shape index (κ3) is 3.64. The van der Waals surface area contributed by atoms with E-state index in [-0.39, 0.29) is 30.4 Å². The van der Waals surface area contributed by atoms with E-state index in [1.54, 1.807) is 19.4 Å². The molecule has 1 aromatic carbocycles. The molecule has 1 saturated carbocycles. The van der Waals surface area contributed by atoms with Gasteiger partial charge in [-0.1, -0.05) is 23.4 Å². The summed E-state index contributed by atoms with van der Waals surface area (Å²) in [6.07, 6.45) is 2.85. The summed E-state index contributed by atoms with van der Waals surface area (Å²) in [6.45, 7) is 0. The Hall–Kier alpha value is -2.93. The van der Waals surface area contributed by atoms with E-state index in [4.69, 9.17) is 9.26 Å². The molecule has 2 N–H and O–H groups in total. The van der Waals surface area contributed by atoms with E-state index in [2.05, 4.69) is 15.5 Å². The molecule has 1 atom stereocenters. The molecule has 4 rings (SSSR count). The minimum absolute atomic E-state index is 0.131. The van der Waals surface area contributed by atoms with Crippen LogP contribution in [-0.2, 0) is 11.2 Å². The summed E-state index contributed by atoms with van der Waals surface area (Å²) in [5.41, 5.74) is 2.17. The van der Waals surface area contributed by atoms with Gasteiger partial charge in [0.25, 0.3) is 0 Å². The average molecular weight is 367 g/mol. The van der Waals surface area contributed by atoms with Crippen LogP contribution in [0.15, 0.2) is 47.1 Å². The molecule has 1 fully saturated rings. The molecule has 0 aliphatic heterocycles. The van der Waals surface area contributed by atoms with Gasteiger partial charge in [-0.05, 0) is 36.5 Å². The van der Waals surface area contributed by atoms with Crippen molar-refractivity contribution in [3.8, 4) is 5.88 Å². The minimum atomic E-state index is -0.305. The standard InChI is InChI=1S/C20H21N3O4/c1-26-19-7-6-12(11-21-19)20(13-8-14(24)9-13)22-18(25)10-16-15-4-2-3-5-17(15)27-23-16/h2-7,11,13-14,20,24H,8-10H2,1H3,(H,22,25). The van der Waals surface area contributed by atoms with Crippen LogP contribution < -0.4 is 10.1 Å². The largest absolute Gasteiger partial charge is 0.481 e. The zero-order valence-corrected chi connectivity index (χ0v) is 15.0. The van der Waals surface area contributed by atoms with Crippen molar-refractivity contribution in [2.45, 2.75) is 31.4 Å². The summed E-state index contributed by atoms with van der Waals surface area (Å²) in [4.78, 5) is 16.9. The normalized spacial score (nSPS) is 20.1. The first-order valence-electron chi connectivity index (χ1n) is 8.94. The predicted molar refractivity (Wildman–Crippen MR) is 98.1 cm³/mol. The summed E-state index contributed by atoms with van der Waals surface area (Å²) in [5, 5.41) is 17.6. The summed E-state index contributed by atoms with van der Waals surface area (Å²) in [7, 11) is 1.56. The Labute approximate surface area is 156 Å². The second kappa shape index (κ2) is 7.36. The summed E-state index contributed by atoms with van der Waals surface area (Å²) < 4.78 is 10.4. The highest BCUT2D eigenvalue weighted by Crippen LogP contribution is 2.38. The maximum Gasteiger partial charge on any atom is 0.226 e. The van der Waals surface area contributed by atoms with Crippen molar-refractivity contribution >= 4 is 16.9 Å². The molecule has 3 aromatic rings. The first-order valence-corrected chi connectivity index (χ1v) is 8.94. The summed E-state index contributed by atoms with van der Waals surface area (Å²) in [5.74, 6) is 0.552. The first kappa shape index (κ1) is 17.5. The molecule has 1 aliphatic carbocycles. The van der Waals surface area contributed by atoms with Crippen molar-refractivity contribution in [1.29, 1.82) is 0 Å². The number of amides is 1. The molecule has 27 heavy (non-hydrogen) atoms. The van der Waals surface area contributed by atoms with Gasteiger partial charge >= 0.3 is 0 Å². The Morgan fingerprint density at radius 3 is 2.85 bits per heavy atom. The van der Waals surface area contributed by atoms with Gasteiger partial charge in [0.2, 0.25) is 11.8 Å². The fourth-order valence-electron chi connectivity index (χ4n) is 3.51. The van der Waals surface area contributed by atoms with E-state index in [1.807, 2.05) is 30.3 Å². The smallest absolute Gasteiger partial charge is 0.226 e.